The van der Waals surface area contributed by atoms with Gasteiger partial charge in [0, 0.05) is 29.6 Å². The van der Waals surface area contributed by atoms with E-state index < -0.39 is 0 Å². The molecular formula is C18H24ClNO. The van der Waals surface area contributed by atoms with Crippen LogP contribution in [0, 0.1) is 5.92 Å². The highest BCUT2D eigenvalue weighted by Crippen LogP contribution is 2.35. The van der Waals surface area contributed by atoms with Crippen molar-refractivity contribution >= 4 is 17.4 Å². The van der Waals surface area contributed by atoms with Crippen molar-refractivity contribution in [2.45, 2.75) is 51.0 Å². The van der Waals surface area contributed by atoms with Gasteiger partial charge >= 0.3 is 0 Å². The van der Waals surface area contributed by atoms with Gasteiger partial charge in [-0.2, -0.15) is 0 Å². The van der Waals surface area contributed by atoms with E-state index in [1.807, 2.05) is 18.2 Å². The molecule has 0 bridgehead atoms. The van der Waals surface area contributed by atoms with Crippen molar-refractivity contribution in [1.82, 2.24) is 4.90 Å². The van der Waals surface area contributed by atoms with Gasteiger partial charge < -0.3 is 0 Å². The molecule has 1 heterocycles. The molecule has 1 aliphatic heterocycles. The Morgan fingerprint density at radius 3 is 2.86 bits per heavy atom. The summed E-state index contributed by atoms with van der Waals surface area (Å²) in [6.07, 6.45) is 8.79. The molecule has 1 aromatic rings. The summed E-state index contributed by atoms with van der Waals surface area (Å²) in [5.41, 5.74) is 0.750. The predicted molar refractivity (Wildman–Crippen MR) is 87.0 cm³/mol. The minimum atomic E-state index is 0.218. The maximum Gasteiger partial charge on any atom is 0.164 e. The van der Waals surface area contributed by atoms with Crippen molar-refractivity contribution in [2.75, 3.05) is 13.1 Å². The van der Waals surface area contributed by atoms with Crippen molar-refractivity contribution in [2.24, 2.45) is 5.92 Å². The zero-order chi connectivity index (χ0) is 14.7. The maximum absolute atomic E-state index is 12.3. The fourth-order valence-corrected chi connectivity index (χ4v) is 4.25. The fourth-order valence-electron chi connectivity index (χ4n) is 4.06. The van der Waals surface area contributed by atoms with Crippen LogP contribution in [0.5, 0.6) is 0 Å². The van der Waals surface area contributed by atoms with E-state index >= 15 is 0 Å². The van der Waals surface area contributed by atoms with Gasteiger partial charge in [-0.3, -0.25) is 9.69 Å². The summed E-state index contributed by atoms with van der Waals surface area (Å²) in [6, 6.07) is 8.06. The molecule has 21 heavy (non-hydrogen) atoms. The lowest BCUT2D eigenvalue weighted by Crippen LogP contribution is -2.47. The summed E-state index contributed by atoms with van der Waals surface area (Å²) in [5.74, 6) is 1.10. The highest BCUT2D eigenvalue weighted by molar-refractivity contribution is 6.31. The first-order valence-electron chi connectivity index (χ1n) is 8.27. The van der Waals surface area contributed by atoms with Crippen LogP contribution < -0.4 is 0 Å². The topological polar surface area (TPSA) is 20.3 Å². The molecule has 0 radical (unpaired) electrons. The van der Waals surface area contributed by atoms with Crippen molar-refractivity contribution in [3.8, 4) is 0 Å². The van der Waals surface area contributed by atoms with E-state index in [0.29, 0.717) is 11.4 Å². The Hall–Kier alpha value is -0.860. The quantitative estimate of drug-likeness (QED) is 0.760. The number of piperidine rings is 1. The van der Waals surface area contributed by atoms with Crippen LogP contribution in [0.4, 0.5) is 0 Å². The lowest BCUT2D eigenvalue weighted by molar-refractivity contribution is 0.0575. The largest absolute Gasteiger partial charge is 0.300 e. The van der Waals surface area contributed by atoms with Crippen LogP contribution in [0.25, 0.3) is 0 Å². The van der Waals surface area contributed by atoms with Gasteiger partial charge in [0.2, 0.25) is 0 Å². The fraction of sp³-hybridized carbons (Fsp3) is 0.611. The molecule has 0 amide bonds. The summed E-state index contributed by atoms with van der Waals surface area (Å²) in [6.45, 7) is 2.08. The minimum Gasteiger partial charge on any atom is -0.300 e. The number of nitrogens with zero attached hydrogens (tertiary/aromatic N) is 1. The predicted octanol–water partition coefficient (Wildman–Crippen LogP) is 4.57. The van der Waals surface area contributed by atoms with Gasteiger partial charge in [-0.05, 0) is 50.3 Å². The molecular weight excluding hydrogens is 282 g/mol. The van der Waals surface area contributed by atoms with Gasteiger partial charge in [0.25, 0.3) is 0 Å². The van der Waals surface area contributed by atoms with Gasteiger partial charge in [0.05, 0.1) is 0 Å². The third-order valence-corrected chi connectivity index (χ3v) is 5.37. The molecule has 0 aromatic heterocycles. The molecule has 1 aliphatic carbocycles. The first kappa shape index (κ1) is 15.1. The van der Waals surface area contributed by atoms with E-state index in [0.717, 1.165) is 24.1 Å². The van der Waals surface area contributed by atoms with E-state index in [1.54, 1.807) is 6.07 Å². The molecule has 2 atom stereocenters. The third-order valence-electron chi connectivity index (χ3n) is 5.13. The lowest BCUT2D eigenvalue weighted by Gasteiger charge is -2.44. The van der Waals surface area contributed by atoms with Crippen molar-refractivity contribution in [3.63, 3.8) is 0 Å². The zero-order valence-electron chi connectivity index (χ0n) is 12.6. The van der Waals surface area contributed by atoms with Gasteiger partial charge in [0.1, 0.15) is 0 Å². The number of carbonyl (C=O) groups excluding carboxylic acids is 1. The van der Waals surface area contributed by atoms with E-state index in [9.17, 15) is 4.79 Å². The Bertz CT molecular complexity index is 500. The van der Waals surface area contributed by atoms with Crippen LogP contribution in [-0.4, -0.2) is 29.8 Å². The summed E-state index contributed by atoms with van der Waals surface area (Å²) in [5, 5.41) is 0.645. The molecule has 0 N–H and O–H groups in total. The number of hydrogen-bond acceptors (Lipinski definition) is 2. The van der Waals surface area contributed by atoms with Gasteiger partial charge in [-0.15, -0.1) is 0 Å². The lowest BCUT2D eigenvalue weighted by atomic mass is 9.78. The Morgan fingerprint density at radius 1 is 1.19 bits per heavy atom. The molecule has 3 heteroatoms. The maximum atomic E-state index is 12.3. The zero-order valence-corrected chi connectivity index (χ0v) is 13.3. The number of benzene rings is 1. The summed E-state index contributed by atoms with van der Waals surface area (Å²) < 4.78 is 0. The first-order valence-corrected chi connectivity index (χ1v) is 8.64. The average Bonchev–Trinajstić information content (AvgIpc) is 2.52. The monoisotopic (exact) mass is 305 g/mol. The molecule has 114 valence electrons. The second-order valence-corrected chi connectivity index (χ2v) is 6.91. The second-order valence-electron chi connectivity index (χ2n) is 6.47. The molecule has 2 nitrogen and oxygen atoms in total. The Balaban J connectivity index is 1.57. The van der Waals surface area contributed by atoms with Crippen LogP contribution in [0.2, 0.25) is 5.02 Å². The molecule has 1 aromatic carbocycles. The van der Waals surface area contributed by atoms with Crippen LogP contribution in [-0.2, 0) is 0 Å². The summed E-state index contributed by atoms with van der Waals surface area (Å²) >= 11 is 5.97. The Morgan fingerprint density at radius 2 is 2.00 bits per heavy atom. The molecule has 2 unspecified atom stereocenters. The number of ketones is 1. The molecule has 2 fully saturated rings. The van der Waals surface area contributed by atoms with Crippen LogP contribution in [0.15, 0.2) is 24.3 Å². The second kappa shape index (κ2) is 6.93. The highest BCUT2D eigenvalue weighted by Gasteiger charge is 2.32. The van der Waals surface area contributed by atoms with Crippen LogP contribution in [0.1, 0.15) is 55.3 Å². The van der Waals surface area contributed by atoms with Crippen LogP contribution in [0.3, 0.4) is 0 Å². The molecule has 1 saturated carbocycles. The first-order chi connectivity index (χ1) is 10.2. The minimum absolute atomic E-state index is 0.218. The SMILES string of the molecule is O=C(CCN1CCCC2CCCCC21)c1cccc(Cl)c1. The van der Waals surface area contributed by atoms with E-state index in [-0.39, 0.29) is 5.78 Å². The number of halogens is 1. The highest BCUT2D eigenvalue weighted by atomic mass is 35.5. The number of fused-ring (bicyclic) bond motifs is 1. The van der Waals surface area contributed by atoms with Gasteiger partial charge in [-0.1, -0.05) is 36.6 Å². The number of likely N-dealkylation sites (tertiary alicyclic amines) is 1. The van der Waals surface area contributed by atoms with Crippen molar-refractivity contribution in [1.29, 1.82) is 0 Å². The number of rotatable bonds is 4. The summed E-state index contributed by atoms with van der Waals surface area (Å²) in [4.78, 5) is 14.9. The Kier molecular flexibility index (Phi) is 4.97. The average molecular weight is 306 g/mol. The van der Waals surface area contributed by atoms with Crippen molar-refractivity contribution in [3.05, 3.63) is 34.9 Å². The normalized spacial score (nSPS) is 26.3. The van der Waals surface area contributed by atoms with Crippen molar-refractivity contribution < 1.29 is 4.79 Å². The van der Waals surface area contributed by atoms with Gasteiger partial charge in [-0.25, -0.2) is 0 Å². The molecule has 3 rings (SSSR count). The Labute approximate surface area is 132 Å². The number of carbonyl (C=O) groups is 1. The van der Waals surface area contributed by atoms with E-state index in [4.69, 9.17) is 11.6 Å². The van der Waals surface area contributed by atoms with Gasteiger partial charge in [0.15, 0.2) is 5.78 Å². The molecule has 0 spiro atoms. The standard InChI is InChI=1S/C18H24ClNO/c19-16-8-3-6-15(13-16)18(21)10-12-20-11-4-7-14-5-1-2-9-17(14)20/h3,6,8,13-14,17H,1-2,4-5,7,9-12H2. The number of hydrogen-bond donors (Lipinski definition) is 0. The number of Topliss-reactive ketones (excluding diaryl/α,β-unsaturated/α-hetero) is 1. The molecule has 2 aliphatic rings. The summed E-state index contributed by atoms with van der Waals surface area (Å²) in [7, 11) is 0. The van der Waals surface area contributed by atoms with E-state index in [2.05, 4.69) is 4.90 Å². The third kappa shape index (κ3) is 3.67. The van der Waals surface area contributed by atoms with Crippen LogP contribution >= 0.6 is 11.6 Å². The smallest absolute Gasteiger partial charge is 0.164 e. The van der Waals surface area contributed by atoms with E-state index in [1.165, 1.54) is 45.1 Å². The molecule has 1 saturated heterocycles.